The molecule has 0 bridgehead atoms. The van der Waals surface area contributed by atoms with Crippen molar-refractivity contribution in [3.05, 3.63) is 22.8 Å². The third kappa shape index (κ3) is 1.77. The molecule has 1 aromatic rings. The highest BCUT2D eigenvalue weighted by atomic mass is 35.5. The molecular weight excluding hydrogens is 216 g/mol. The zero-order chi connectivity index (χ0) is 11.0. The number of halogens is 1. The fraction of sp³-hybridized carbons (Fsp3) is 0.400. The predicted molar refractivity (Wildman–Crippen MR) is 56.8 cm³/mol. The third-order valence-corrected chi connectivity index (χ3v) is 3.11. The Morgan fingerprint density at radius 3 is 2.87 bits per heavy atom. The smallest absolute Gasteiger partial charge is 0.307 e. The Morgan fingerprint density at radius 2 is 2.33 bits per heavy atom. The van der Waals surface area contributed by atoms with Crippen LogP contribution in [-0.4, -0.2) is 16.1 Å². The van der Waals surface area contributed by atoms with Crippen LogP contribution in [0.2, 0.25) is 5.02 Å². The van der Waals surface area contributed by atoms with E-state index >= 15 is 0 Å². The first kappa shape index (κ1) is 10.2. The van der Waals surface area contributed by atoms with Crippen LogP contribution < -0.4 is 5.73 Å². The molecule has 0 spiro atoms. The molecule has 3 N–H and O–H groups in total. The zero-order valence-corrected chi connectivity index (χ0v) is 8.74. The molecule has 0 aromatic carbocycles. The van der Waals surface area contributed by atoms with Crippen LogP contribution in [0.25, 0.3) is 0 Å². The van der Waals surface area contributed by atoms with Gasteiger partial charge in [-0.3, -0.25) is 4.79 Å². The summed E-state index contributed by atoms with van der Waals surface area (Å²) in [4.78, 5) is 14.8. The van der Waals surface area contributed by atoms with Crippen LogP contribution in [0.1, 0.15) is 24.3 Å². The van der Waals surface area contributed by atoms with E-state index in [4.69, 9.17) is 22.4 Å². The van der Waals surface area contributed by atoms with E-state index in [0.717, 1.165) is 12.0 Å². The van der Waals surface area contributed by atoms with Gasteiger partial charge in [0.1, 0.15) is 5.82 Å². The van der Waals surface area contributed by atoms with Crippen LogP contribution in [0.4, 0.5) is 5.82 Å². The predicted octanol–water partition coefficient (Wildman–Crippen LogP) is 1.90. The van der Waals surface area contributed by atoms with Crippen LogP contribution in [-0.2, 0) is 4.79 Å². The van der Waals surface area contributed by atoms with E-state index in [9.17, 15) is 4.79 Å². The Labute approximate surface area is 92.1 Å². The topological polar surface area (TPSA) is 76.2 Å². The number of carbonyl (C=O) groups is 1. The number of pyridine rings is 1. The van der Waals surface area contributed by atoms with Gasteiger partial charge in [0.05, 0.1) is 10.9 Å². The maximum absolute atomic E-state index is 10.9. The minimum Gasteiger partial charge on any atom is -0.481 e. The molecule has 1 aliphatic rings. The molecule has 1 fully saturated rings. The van der Waals surface area contributed by atoms with Crippen LogP contribution in [0, 0.1) is 5.92 Å². The summed E-state index contributed by atoms with van der Waals surface area (Å²) in [5, 5.41) is 9.43. The van der Waals surface area contributed by atoms with Crippen molar-refractivity contribution in [1.29, 1.82) is 0 Å². The molecule has 1 aromatic heterocycles. The Balaban J connectivity index is 2.30. The highest BCUT2D eigenvalue weighted by Gasteiger charge is 2.38. The van der Waals surface area contributed by atoms with E-state index < -0.39 is 5.97 Å². The SMILES string of the molecule is Nc1ncc(Cl)cc1C1CCC1C(=O)O. The number of hydrogen-bond donors (Lipinski definition) is 2. The summed E-state index contributed by atoms with van der Waals surface area (Å²) in [5.41, 5.74) is 6.46. The van der Waals surface area contributed by atoms with Gasteiger partial charge in [-0.2, -0.15) is 0 Å². The molecule has 5 heteroatoms. The molecule has 0 radical (unpaired) electrons. The van der Waals surface area contributed by atoms with Crippen molar-refractivity contribution in [3.63, 3.8) is 0 Å². The highest BCUT2D eigenvalue weighted by molar-refractivity contribution is 6.30. The standard InChI is InChI=1S/C10H11ClN2O2/c11-5-3-8(9(12)13-4-5)6-1-2-7(6)10(14)15/h3-4,6-7H,1-2H2,(H2,12,13)(H,14,15). The van der Waals surface area contributed by atoms with Crippen LogP contribution in [0.3, 0.4) is 0 Å². The number of rotatable bonds is 2. The van der Waals surface area contributed by atoms with Gasteiger partial charge >= 0.3 is 5.97 Å². The van der Waals surface area contributed by atoms with Gasteiger partial charge in [0.2, 0.25) is 0 Å². The lowest BCUT2D eigenvalue weighted by Crippen LogP contribution is -2.31. The maximum Gasteiger partial charge on any atom is 0.307 e. The van der Waals surface area contributed by atoms with Gasteiger partial charge in [-0.25, -0.2) is 4.98 Å². The lowest BCUT2D eigenvalue weighted by molar-refractivity contribution is -0.145. The summed E-state index contributed by atoms with van der Waals surface area (Å²) in [7, 11) is 0. The van der Waals surface area contributed by atoms with Gasteiger partial charge in [-0.1, -0.05) is 11.6 Å². The lowest BCUT2D eigenvalue weighted by atomic mass is 9.70. The monoisotopic (exact) mass is 226 g/mol. The molecule has 15 heavy (non-hydrogen) atoms. The van der Waals surface area contributed by atoms with Crippen molar-refractivity contribution in [2.24, 2.45) is 5.92 Å². The van der Waals surface area contributed by atoms with Crippen molar-refractivity contribution < 1.29 is 9.90 Å². The Kier molecular flexibility index (Phi) is 2.52. The van der Waals surface area contributed by atoms with Gasteiger partial charge in [0, 0.05) is 12.1 Å². The van der Waals surface area contributed by atoms with E-state index in [-0.39, 0.29) is 11.8 Å². The van der Waals surface area contributed by atoms with Gasteiger partial charge in [0.25, 0.3) is 0 Å². The molecule has 80 valence electrons. The molecule has 1 saturated carbocycles. The number of carboxylic acid groups (broad SMARTS) is 1. The quantitative estimate of drug-likeness (QED) is 0.808. The van der Waals surface area contributed by atoms with Gasteiger partial charge in [-0.05, 0) is 24.5 Å². The van der Waals surface area contributed by atoms with Gasteiger partial charge in [-0.15, -0.1) is 0 Å². The van der Waals surface area contributed by atoms with E-state index in [1.807, 2.05) is 0 Å². The van der Waals surface area contributed by atoms with Gasteiger partial charge < -0.3 is 10.8 Å². The lowest BCUT2D eigenvalue weighted by Gasteiger charge is -2.34. The summed E-state index contributed by atoms with van der Waals surface area (Å²) >= 11 is 5.80. The molecule has 1 aliphatic carbocycles. The van der Waals surface area contributed by atoms with Crippen molar-refractivity contribution >= 4 is 23.4 Å². The number of anilines is 1. The van der Waals surface area contributed by atoms with Crippen molar-refractivity contribution in [2.45, 2.75) is 18.8 Å². The van der Waals surface area contributed by atoms with E-state index in [0.29, 0.717) is 17.3 Å². The van der Waals surface area contributed by atoms with Crippen LogP contribution >= 0.6 is 11.6 Å². The highest BCUT2D eigenvalue weighted by Crippen LogP contribution is 2.44. The molecule has 1 heterocycles. The fourth-order valence-corrected chi connectivity index (χ4v) is 2.10. The fourth-order valence-electron chi connectivity index (χ4n) is 1.93. The van der Waals surface area contributed by atoms with Crippen LogP contribution in [0.15, 0.2) is 12.3 Å². The van der Waals surface area contributed by atoms with E-state index in [2.05, 4.69) is 4.98 Å². The molecule has 4 nitrogen and oxygen atoms in total. The summed E-state index contributed by atoms with van der Waals surface area (Å²) in [6.07, 6.45) is 3.00. The first-order valence-electron chi connectivity index (χ1n) is 4.73. The number of nitrogen functional groups attached to an aromatic ring is 1. The summed E-state index contributed by atoms with van der Waals surface area (Å²) in [6, 6.07) is 1.71. The number of nitrogens with zero attached hydrogens (tertiary/aromatic N) is 1. The second kappa shape index (κ2) is 3.70. The summed E-state index contributed by atoms with van der Waals surface area (Å²) in [6.45, 7) is 0. The first-order valence-corrected chi connectivity index (χ1v) is 5.11. The number of nitrogens with two attached hydrogens (primary N) is 1. The Morgan fingerprint density at radius 1 is 1.60 bits per heavy atom. The molecule has 2 atom stereocenters. The third-order valence-electron chi connectivity index (χ3n) is 2.91. The van der Waals surface area contributed by atoms with E-state index in [1.54, 1.807) is 6.07 Å². The van der Waals surface area contributed by atoms with Crippen molar-refractivity contribution in [1.82, 2.24) is 4.98 Å². The minimum absolute atomic E-state index is 0.0336. The second-order valence-corrected chi connectivity index (χ2v) is 4.19. The second-order valence-electron chi connectivity index (χ2n) is 3.76. The average molecular weight is 227 g/mol. The minimum atomic E-state index is -0.773. The van der Waals surface area contributed by atoms with E-state index in [1.165, 1.54) is 6.20 Å². The Hall–Kier alpha value is -1.29. The molecule has 2 rings (SSSR count). The molecule has 0 aliphatic heterocycles. The number of aromatic nitrogens is 1. The molecule has 2 unspecified atom stereocenters. The summed E-state index contributed by atoms with van der Waals surface area (Å²) < 4.78 is 0. The molecular formula is C10H11ClN2O2. The number of aliphatic carboxylic acids is 1. The van der Waals surface area contributed by atoms with Crippen molar-refractivity contribution in [3.8, 4) is 0 Å². The number of carboxylic acids is 1. The number of hydrogen-bond acceptors (Lipinski definition) is 3. The van der Waals surface area contributed by atoms with Crippen molar-refractivity contribution in [2.75, 3.05) is 5.73 Å². The van der Waals surface area contributed by atoms with Crippen LogP contribution in [0.5, 0.6) is 0 Å². The molecule has 0 saturated heterocycles. The zero-order valence-electron chi connectivity index (χ0n) is 7.98. The first-order chi connectivity index (χ1) is 7.09. The Bertz CT molecular complexity index is 408. The maximum atomic E-state index is 10.9. The normalized spacial score (nSPS) is 24.6. The summed E-state index contributed by atoms with van der Waals surface area (Å²) in [5.74, 6) is -0.762. The average Bonchev–Trinajstić information content (AvgIpc) is 2.08. The van der Waals surface area contributed by atoms with Gasteiger partial charge in [0.15, 0.2) is 0 Å². The largest absolute Gasteiger partial charge is 0.481 e. The molecule has 0 amide bonds.